The van der Waals surface area contributed by atoms with Crippen molar-refractivity contribution in [3.05, 3.63) is 29.6 Å². The van der Waals surface area contributed by atoms with Crippen molar-refractivity contribution >= 4 is 0 Å². The molecule has 3 heteroatoms. The van der Waals surface area contributed by atoms with E-state index in [0.29, 0.717) is 11.8 Å². The van der Waals surface area contributed by atoms with Gasteiger partial charge in [-0.05, 0) is 44.0 Å². The highest BCUT2D eigenvalue weighted by molar-refractivity contribution is 5.29. The van der Waals surface area contributed by atoms with E-state index in [1.165, 1.54) is 7.11 Å². The summed E-state index contributed by atoms with van der Waals surface area (Å²) in [6.45, 7) is 5.24. The van der Waals surface area contributed by atoms with Crippen LogP contribution in [0.2, 0.25) is 0 Å². The maximum atomic E-state index is 13.4. The molecule has 1 rings (SSSR count). The molecule has 0 aliphatic rings. The van der Waals surface area contributed by atoms with Crippen LogP contribution in [0.4, 0.5) is 4.39 Å². The fraction of sp³-hybridized carbons (Fsp3) is 0.538. The second-order valence-electron chi connectivity index (χ2n) is 4.03. The number of methoxy groups -OCH3 is 1. The van der Waals surface area contributed by atoms with E-state index in [1.807, 2.05) is 6.07 Å². The molecule has 0 amide bonds. The average molecular weight is 225 g/mol. The highest BCUT2D eigenvalue weighted by Gasteiger charge is 2.06. The molecule has 0 aliphatic heterocycles. The lowest BCUT2D eigenvalue weighted by molar-refractivity contribution is 0.386. The van der Waals surface area contributed by atoms with Crippen molar-refractivity contribution in [2.24, 2.45) is 0 Å². The SMILES string of the molecule is CCCNC(C)Cc1ccc(OC)c(F)c1. The Hall–Kier alpha value is -1.09. The number of rotatable bonds is 6. The number of hydrogen-bond acceptors (Lipinski definition) is 2. The zero-order valence-electron chi connectivity index (χ0n) is 10.2. The molecule has 0 spiro atoms. The van der Waals surface area contributed by atoms with Gasteiger partial charge in [-0.2, -0.15) is 0 Å². The summed E-state index contributed by atoms with van der Waals surface area (Å²) in [6.07, 6.45) is 1.95. The fourth-order valence-corrected chi connectivity index (χ4v) is 1.65. The van der Waals surface area contributed by atoms with Gasteiger partial charge in [0.25, 0.3) is 0 Å². The first-order valence-electron chi connectivity index (χ1n) is 5.73. The Kier molecular flexibility index (Phi) is 5.26. The summed E-state index contributed by atoms with van der Waals surface area (Å²) in [5.41, 5.74) is 0.995. The third-order valence-electron chi connectivity index (χ3n) is 2.50. The maximum Gasteiger partial charge on any atom is 0.165 e. The Labute approximate surface area is 96.8 Å². The molecule has 0 saturated heterocycles. The molecule has 0 bridgehead atoms. The largest absolute Gasteiger partial charge is 0.494 e. The van der Waals surface area contributed by atoms with Gasteiger partial charge in [0.15, 0.2) is 11.6 Å². The summed E-state index contributed by atoms with van der Waals surface area (Å²) >= 11 is 0. The summed E-state index contributed by atoms with van der Waals surface area (Å²) in [7, 11) is 1.48. The lowest BCUT2D eigenvalue weighted by Crippen LogP contribution is -2.28. The predicted molar refractivity (Wildman–Crippen MR) is 64.4 cm³/mol. The molecule has 1 aromatic carbocycles. The van der Waals surface area contributed by atoms with Crippen LogP contribution in [0.5, 0.6) is 5.75 Å². The van der Waals surface area contributed by atoms with Crippen LogP contribution < -0.4 is 10.1 Å². The van der Waals surface area contributed by atoms with Gasteiger partial charge in [-0.3, -0.25) is 0 Å². The van der Waals surface area contributed by atoms with E-state index >= 15 is 0 Å². The minimum atomic E-state index is -0.289. The van der Waals surface area contributed by atoms with E-state index in [4.69, 9.17) is 4.74 Å². The van der Waals surface area contributed by atoms with Gasteiger partial charge < -0.3 is 10.1 Å². The average Bonchev–Trinajstić information content (AvgIpc) is 2.26. The standard InChI is InChI=1S/C13H20FNO/c1-4-7-15-10(2)8-11-5-6-13(16-3)12(14)9-11/h5-6,9-10,15H,4,7-8H2,1-3H3. The fourth-order valence-electron chi connectivity index (χ4n) is 1.65. The first kappa shape index (κ1) is 13.0. The first-order chi connectivity index (χ1) is 7.67. The molecular weight excluding hydrogens is 205 g/mol. The minimum absolute atomic E-state index is 0.289. The van der Waals surface area contributed by atoms with Crippen LogP contribution in [0.15, 0.2) is 18.2 Å². The smallest absolute Gasteiger partial charge is 0.165 e. The van der Waals surface area contributed by atoms with Crippen LogP contribution in [-0.2, 0) is 6.42 Å². The summed E-state index contributed by atoms with van der Waals surface area (Å²) in [5.74, 6) is 0.0145. The Bertz CT molecular complexity index is 328. The number of hydrogen-bond donors (Lipinski definition) is 1. The molecular formula is C13H20FNO. The minimum Gasteiger partial charge on any atom is -0.494 e. The van der Waals surface area contributed by atoms with E-state index in [-0.39, 0.29) is 5.82 Å². The van der Waals surface area contributed by atoms with Gasteiger partial charge in [0, 0.05) is 6.04 Å². The second kappa shape index (κ2) is 6.48. The molecule has 0 aliphatic carbocycles. The van der Waals surface area contributed by atoms with Crippen molar-refractivity contribution < 1.29 is 9.13 Å². The van der Waals surface area contributed by atoms with Gasteiger partial charge in [-0.25, -0.2) is 4.39 Å². The summed E-state index contributed by atoms with van der Waals surface area (Å²) in [6, 6.07) is 5.50. The van der Waals surface area contributed by atoms with Crippen LogP contribution >= 0.6 is 0 Å². The molecule has 0 aromatic heterocycles. The molecule has 2 nitrogen and oxygen atoms in total. The van der Waals surface area contributed by atoms with Crippen LogP contribution in [0.25, 0.3) is 0 Å². The van der Waals surface area contributed by atoms with E-state index in [0.717, 1.165) is 24.9 Å². The van der Waals surface area contributed by atoms with Gasteiger partial charge in [0.05, 0.1) is 7.11 Å². The van der Waals surface area contributed by atoms with Crippen molar-refractivity contribution in [2.45, 2.75) is 32.7 Å². The quantitative estimate of drug-likeness (QED) is 0.803. The highest BCUT2D eigenvalue weighted by atomic mass is 19.1. The van der Waals surface area contributed by atoms with Crippen molar-refractivity contribution in [1.82, 2.24) is 5.32 Å². The summed E-state index contributed by atoms with van der Waals surface area (Å²) < 4.78 is 18.3. The molecule has 1 N–H and O–H groups in total. The zero-order chi connectivity index (χ0) is 12.0. The maximum absolute atomic E-state index is 13.4. The second-order valence-corrected chi connectivity index (χ2v) is 4.03. The van der Waals surface area contributed by atoms with Crippen molar-refractivity contribution in [3.63, 3.8) is 0 Å². The van der Waals surface area contributed by atoms with E-state index in [1.54, 1.807) is 12.1 Å². The molecule has 1 atom stereocenters. The third-order valence-corrected chi connectivity index (χ3v) is 2.50. The topological polar surface area (TPSA) is 21.3 Å². The number of ether oxygens (including phenoxy) is 1. The summed E-state index contributed by atoms with van der Waals surface area (Å²) in [5, 5.41) is 3.38. The number of nitrogens with one attached hydrogen (secondary N) is 1. The molecule has 0 saturated carbocycles. The predicted octanol–water partition coefficient (Wildman–Crippen LogP) is 2.76. The highest BCUT2D eigenvalue weighted by Crippen LogP contribution is 2.18. The molecule has 0 heterocycles. The molecule has 1 unspecified atom stereocenters. The Balaban J connectivity index is 2.57. The van der Waals surface area contributed by atoms with Crippen molar-refractivity contribution in [1.29, 1.82) is 0 Å². The van der Waals surface area contributed by atoms with Crippen molar-refractivity contribution in [2.75, 3.05) is 13.7 Å². The Morgan fingerprint density at radius 3 is 2.75 bits per heavy atom. The van der Waals surface area contributed by atoms with E-state index in [9.17, 15) is 4.39 Å². The zero-order valence-corrected chi connectivity index (χ0v) is 10.2. The number of benzene rings is 1. The number of halogens is 1. The van der Waals surface area contributed by atoms with Gasteiger partial charge in [-0.15, -0.1) is 0 Å². The van der Waals surface area contributed by atoms with Crippen molar-refractivity contribution in [3.8, 4) is 5.75 Å². The van der Waals surface area contributed by atoms with Crippen LogP contribution in [0, 0.1) is 5.82 Å². The van der Waals surface area contributed by atoms with E-state index < -0.39 is 0 Å². The Morgan fingerprint density at radius 2 is 2.19 bits per heavy atom. The van der Waals surface area contributed by atoms with Gasteiger partial charge in [0.2, 0.25) is 0 Å². The van der Waals surface area contributed by atoms with E-state index in [2.05, 4.69) is 19.2 Å². The Morgan fingerprint density at radius 1 is 1.44 bits per heavy atom. The first-order valence-corrected chi connectivity index (χ1v) is 5.73. The van der Waals surface area contributed by atoms with Crippen LogP contribution in [0.1, 0.15) is 25.8 Å². The van der Waals surface area contributed by atoms with Crippen LogP contribution in [0.3, 0.4) is 0 Å². The molecule has 1 aromatic rings. The third kappa shape index (κ3) is 3.81. The van der Waals surface area contributed by atoms with Crippen LogP contribution in [-0.4, -0.2) is 19.7 Å². The lowest BCUT2D eigenvalue weighted by atomic mass is 10.1. The molecule has 0 fully saturated rings. The molecule has 0 radical (unpaired) electrons. The van der Waals surface area contributed by atoms with Gasteiger partial charge >= 0.3 is 0 Å². The van der Waals surface area contributed by atoms with Gasteiger partial charge in [0.1, 0.15) is 0 Å². The molecule has 90 valence electrons. The lowest BCUT2D eigenvalue weighted by Gasteiger charge is -2.13. The monoisotopic (exact) mass is 225 g/mol. The summed E-state index contributed by atoms with van der Waals surface area (Å²) in [4.78, 5) is 0. The van der Waals surface area contributed by atoms with Gasteiger partial charge in [-0.1, -0.05) is 13.0 Å². The molecule has 16 heavy (non-hydrogen) atoms. The normalized spacial score (nSPS) is 12.5.